The molecule has 5 nitrogen and oxygen atoms in total. The van der Waals surface area contributed by atoms with Crippen molar-refractivity contribution in [2.45, 2.75) is 37.3 Å². The number of nitrogens with one attached hydrogen (secondary N) is 1. The molecule has 0 bridgehead atoms. The molecule has 2 fully saturated rings. The number of piperidine rings is 1. The lowest BCUT2D eigenvalue weighted by Crippen LogP contribution is -2.56. The van der Waals surface area contributed by atoms with Crippen LogP contribution < -0.4 is 10.1 Å². The van der Waals surface area contributed by atoms with Crippen LogP contribution in [0, 0.1) is 0 Å². The zero-order chi connectivity index (χ0) is 22.0. The van der Waals surface area contributed by atoms with E-state index in [9.17, 15) is 4.79 Å². The van der Waals surface area contributed by atoms with Gasteiger partial charge in [-0.3, -0.25) is 14.7 Å². The molecule has 2 aromatic carbocycles. The van der Waals surface area contributed by atoms with E-state index >= 15 is 0 Å². The summed E-state index contributed by atoms with van der Waals surface area (Å²) in [6.07, 6.45) is 6.31. The number of ether oxygens (including phenoxy) is 1. The topological polar surface area (TPSA) is 54.5 Å². The molecule has 1 amide bonds. The maximum absolute atomic E-state index is 12.4. The van der Waals surface area contributed by atoms with Crippen LogP contribution in [0.25, 0.3) is 11.1 Å². The molecule has 3 aromatic rings. The molecule has 0 aliphatic carbocycles. The largest absolute Gasteiger partial charge is 0.496 e. The molecule has 0 radical (unpaired) electrons. The minimum absolute atomic E-state index is 0.163. The molecule has 1 aromatic heterocycles. The van der Waals surface area contributed by atoms with E-state index in [1.54, 1.807) is 7.11 Å². The summed E-state index contributed by atoms with van der Waals surface area (Å²) in [4.78, 5) is 19.2. The van der Waals surface area contributed by atoms with Crippen LogP contribution in [0.5, 0.6) is 5.75 Å². The predicted molar refractivity (Wildman–Crippen MR) is 125 cm³/mol. The van der Waals surface area contributed by atoms with Crippen LogP contribution in [0.1, 0.15) is 36.3 Å². The Hall–Kier alpha value is -3.18. The Balaban J connectivity index is 1.45. The van der Waals surface area contributed by atoms with E-state index in [4.69, 9.17) is 4.74 Å². The Kier molecular flexibility index (Phi) is 5.66. The van der Waals surface area contributed by atoms with E-state index < -0.39 is 0 Å². The summed E-state index contributed by atoms with van der Waals surface area (Å²) >= 11 is 0. The Bertz CT molecular complexity index is 1090. The van der Waals surface area contributed by atoms with E-state index in [2.05, 4.69) is 63.7 Å². The fourth-order valence-electron chi connectivity index (χ4n) is 5.43. The van der Waals surface area contributed by atoms with Crippen molar-refractivity contribution in [2.75, 3.05) is 20.2 Å². The van der Waals surface area contributed by atoms with Gasteiger partial charge in [0.2, 0.25) is 5.91 Å². The van der Waals surface area contributed by atoms with Crippen LogP contribution >= 0.6 is 0 Å². The summed E-state index contributed by atoms with van der Waals surface area (Å²) < 4.78 is 5.71. The number of likely N-dealkylation sites (tertiary alicyclic amines) is 1. The minimum atomic E-state index is -0.233. The standard InChI is InChI=1S/C27H29N3O2/c1-32-25-12-11-21(20-7-3-2-4-8-20)15-23(25)17-30-18-24(22-9-6-14-28-16-22)27(19-30)13-5-10-26(31)29-27/h2-4,6-9,11-12,14-16,24H,5,10,13,17-19H2,1H3,(H,29,31)/t24-,27+/m0/s1. The number of carbonyl (C=O) groups excluding carboxylic acids is 1. The molecule has 1 N–H and O–H groups in total. The van der Waals surface area contributed by atoms with Crippen LogP contribution in [-0.4, -0.2) is 41.5 Å². The average molecular weight is 428 g/mol. The van der Waals surface area contributed by atoms with E-state index in [0.717, 1.165) is 43.8 Å². The maximum atomic E-state index is 12.4. The van der Waals surface area contributed by atoms with Gasteiger partial charge in [-0.15, -0.1) is 0 Å². The van der Waals surface area contributed by atoms with Crippen LogP contribution in [0.2, 0.25) is 0 Å². The second-order valence-electron chi connectivity index (χ2n) is 8.96. The van der Waals surface area contributed by atoms with Gasteiger partial charge in [0.1, 0.15) is 5.75 Å². The monoisotopic (exact) mass is 427 g/mol. The van der Waals surface area contributed by atoms with E-state index in [1.807, 2.05) is 24.5 Å². The highest BCUT2D eigenvalue weighted by Crippen LogP contribution is 2.42. The molecule has 3 heterocycles. The van der Waals surface area contributed by atoms with Gasteiger partial charge in [0.15, 0.2) is 0 Å². The summed E-state index contributed by atoms with van der Waals surface area (Å²) in [6, 6.07) is 21.0. The number of aromatic nitrogens is 1. The van der Waals surface area contributed by atoms with Crippen molar-refractivity contribution in [1.82, 2.24) is 15.2 Å². The highest BCUT2D eigenvalue weighted by Gasteiger charge is 2.49. The molecular formula is C27H29N3O2. The number of nitrogens with zero attached hydrogens (tertiary/aromatic N) is 2. The molecule has 2 saturated heterocycles. The number of hydrogen-bond acceptors (Lipinski definition) is 4. The Labute approximate surface area is 189 Å². The van der Waals surface area contributed by atoms with Gasteiger partial charge >= 0.3 is 0 Å². The fraction of sp³-hybridized carbons (Fsp3) is 0.333. The first-order chi connectivity index (χ1) is 15.7. The molecule has 0 saturated carbocycles. The highest BCUT2D eigenvalue weighted by atomic mass is 16.5. The summed E-state index contributed by atoms with van der Waals surface area (Å²) in [5, 5.41) is 3.38. The number of hydrogen-bond donors (Lipinski definition) is 1. The molecule has 32 heavy (non-hydrogen) atoms. The molecule has 1 spiro atoms. The zero-order valence-corrected chi connectivity index (χ0v) is 18.5. The maximum Gasteiger partial charge on any atom is 0.220 e. The molecule has 2 aliphatic rings. The van der Waals surface area contributed by atoms with Crippen LogP contribution in [0.3, 0.4) is 0 Å². The third kappa shape index (κ3) is 4.00. The van der Waals surface area contributed by atoms with Gasteiger partial charge in [0.25, 0.3) is 0 Å². The quantitative estimate of drug-likeness (QED) is 0.656. The van der Waals surface area contributed by atoms with E-state index in [1.165, 1.54) is 16.7 Å². The molecule has 2 atom stereocenters. The predicted octanol–water partition coefficient (Wildman–Crippen LogP) is 4.40. The molecule has 0 unspecified atom stereocenters. The van der Waals surface area contributed by atoms with Crippen molar-refractivity contribution in [1.29, 1.82) is 0 Å². The van der Waals surface area contributed by atoms with E-state index in [-0.39, 0.29) is 17.4 Å². The number of methoxy groups -OCH3 is 1. The van der Waals surface area contributed by atoms with Crippen molar-refractivity contribution in [3.05, 3.63) is 84.2 Å². The van der Waals surface area contributed by atoms with Gasteiger partial charge in [-0.25, -0.2) is 0 Å². The van der Waals surface area contributed by atoms with Crippen molar-refractivity contribution in [2.24, 2.45) is 0 Å². The lowest BCUT2D eigenvalue weighted by Gasteiger charge is -2.39. The summed E-state index contributed by atoms with van der Waals surface area (Å²) in [5.74, 6) is 1.29. The average Bonchev–Trinajstić information content (AvgIpc) is 3.16. The second-order valence-corrected chi connectivity index (χ2v) is 8.96. The zero-order valence-electron chi connectivity index (χ0n) is 18.5. The number of rotatable bonds is 5. The molecular weight excluding hydrogens is 398 g/mol. The first-order valence-electron chi connectivity index (χ1n) is 11.3. The van der Waals surface area contributed by atoms with Gasteiger partial charge < -0.3 is 10.1 Å². The van der Waals surface area contributed by atoms with Gasteiger partial charge in [-0.05, 0) is 47.7 Å². The number of carbonyl (C=O) groups is 1. The Morgan fingerprint density at radius 3 is 2.75 bits per heavy atom. The fourth-order valence-corrected chi connectivity index (χ4v) is 5.43. The van der Waals surface area contributed by atoms with Gasteiger partial charge in [-0.2, -0.15) is 0 Å². The van der Waals surface area contributed by atoms with Crippen molar-refractivity contribution < 1.29 is 9.53 Å². The molecule has 5 rings (SSSR count). The van der Waals surface area contributed by atoms with Crippen LogP contribution in [0.15, 0.2) is 73.1 Å². The van der Waals surface area contributed by atoms with E-state index in [0.29, 0.717) is 6.42 Å². The van der Waals surface area contributed by atoms with Crippen LogP contribution in [0.4, 0.5) is 0 Å². The molecule has 5 heteroatoms. The van der Waals surface area contributed by atoms with Gasteiger partial charge in [0.05, 0.1) is 12.6 Å². The number of pyridine rings is 1. The number of amides is 1. The summed E-state index contributed by atoms with van der Waals surface area (Å²) in [6.45, 7) is 2.49. The summed E-state index contributed by atoms with van der Waals surface area (Å²) in [7, 11) is 1.73. The second kappa shape index (κ2) is 8.75. The van der Waals surface area contributed by atoms with Crippen molar-refractivity contribution in [3.63, 3.8) is 0 Å². The number of benzene rings is 2. The Morgan fingerprint density at radius 2 is 2.00 bits per heavy atom. The first-order valence-corrected chi connectivity index (χ1v) is 11.3. The first kappa shape index (κ1) is 20.7. The highest BCUT2D eigenvalue weighted by molar-refractivity contribution is 5.78. The van der Waals surface area contributed by atoms with Crippen LogP contribution in [-0.2, 0) is 11.3 Å². The van der Waals surface area contributed by atoms with Gasteiger partial charge in [-0.1, -0.05) is 42.5 Å². The smallest absolute Gasteiger partial charge is 0.220 e. The lowest BCUT2D eigenvalue weighted by atomic mass is 9.77. The molecule has 164 valence electrons. The minimum Gasteiger partial charge on any atom is -0.496 e. The third-order valence-corrected chi connectivity index (χ3v) is 6.90. The normalized spacial score (nSPS) is 23.3. The SMILES string of the molecule is COc1ccc(-c2ccccc2)cc1CN1C[C@@H](c2cccnc2)[C@@]2(CCCC(=O)N2)C1. The van der Waals surface area contributed by atoms with Crippen molar-refractivity contribution in [3.8, 4) is 16.9 Å². The van der Waals surface area contributed by atoms with Crippen molar-refractivity contribution >= 4 is 5.91 Å². The van der Waals surface area contributed by atoms with Gasteiger partial charge in [0, 0.05) is 49.9 Å². The Morgan fingerprint density at radius 1 is 1.12 bits per heavy atom. The lowest BCUT2D eigenvalue weighted by molar-refractivity contribution is -0.125. The molecule has 2 aliphatic heterocycles. The summed E-state index contributed by atoms with van der Waals surface area (Å²) in [5.41, 5.74) is 4.51. The third-order valence-electron chi connectivity index (χ3n) is 6.90.